The summed E-state index contributed by atoms with van der Waals surface area (Å²) in [5.41, 5.74) is 1.31. The van der Waals surface area contributed by atoms with Gasteiger partial charge >= 0.3 is 5.97 Å². The monoisotopic (exact) mass is 331 g/mol. The smallest absolute Gasteiger partial charge is 0.339 e. The lowest BCUT2D eigenvalue weighted by atomic mass is 10.1. The first-order valence-corrected chi connectivity index (χ1v) is 6.52. The maximum atomic E-state index is 11.2. The molecule has 0 saturated heterocycles. The van der Waals surface area contributed by atoms with Crippen LogP contribution in [-0.2, 0) is 0 Å². The van der Waals surface area contributed by atoms with Crippen molar-refractivity contribution < 1.29 is 14.6 Å². The van der Waals surface area contributed by atoms with Crippen LogP contribution in [0.15, 0.2) is 40.9 Å². The Bertz CT molecular complexity index is 720. The summed E-state index contributed by atoms with van der Waals surface area (Å²) in [5, 5.41) is 18.2. The van der Waals surface area contributed by atoms with Crippen LogP contribution in [0.2, 0.25) is 0 Å². The van der Waals surface area contributed by atoms with Crippen molar-refractivity contribution in [1.82, 2.24) is 0 Å². The summed E-state index contributed by atoms with van der Waals surface area (Å²) < 4.78 is 6.25. The molecule has 2 aromatic rings. The van der Waals surface area contributed by atoms with Crippen molar-refractivity contribution in [2.24, 2.45) is 0 Å². The summed E-state index contributed by atoms with van der Waals surface area (Å²) in [6.45, 7) is 1.87. The van der Waals surface area contributed by atoms with Crippen molar-refractivity contribution in [2.75, 3.05) is 0 Å². The van der Waals surface area contributed by atoms with Crippen molar-refractivity contribution >= 4 is 21.9 Å². The number of benzene rings is 2. The fourth-order valence-corrected chi connectivity index (χ4v) is 2.04. The quantitative estimate of drug-likeness (QED) is 0.918. The van der Waals surface area contributed by atoms with Gasteiger partial charge in [0.2, 0.25) is 0 Å². The number of rotatable bonds is 3. The van der Waals surface area contributed by atoms with Gasteiger partial charge in [0, 0.05) is 4.47 Å². The molecule has 100 valence electrons. The normalized spacial score (nSPS) is 9.85. The van der Waals surface area contributed by atoms with E-state index in [2.05, 4.69) is 15.9 Å². The van der Waals surface area contributed by atoms with Crippen molar-refractivity contribution in [2.45, 2.75) is 6.92 Å². The molecular weight excluding hydrogens is 322 g/mol. The SMILES string of the molecule is Cc1ccc(C#N)c(Oc2ccc(Br)cc2C(=O)O)c1. The molecule has 0 bridgehead atoms. The van der Waals surface area contributed by atoms with Crippen molar-refractivity contribution in [3.63, 3.8) is 0 Å². The number of carbonyl (C=O) groups is 1. The Morgan fingerprint density at radius 3 is 2.65 bits per heavy atom. The first-order valence-electron chi connectivity index (χ1n) is 5.72. The van der Waals surface area contributed by atoms with E-state index in [4.69, 9.17) is 10.00 Å². The zero-order valence-corrected chi connectivity index (χ0v) is 12.1. The number of aryl methyl sites for hydroxylation is 1. The van der Waals surface area contributed by atoms with Gasteiger partial charge in [-0.05, 0) is 42.8 Å². The number of nitriles is 1. The molecule has 4 nitrogen and oxygen atoms in total. The number of hydrogen-bond donors (Lipinski definition) is 1. The fourth-order valence-electron chi connectivity index (χ4n) is 1.68. The summed E-state index contributed by atoms with van der Waals surface area (Å²) in [6.07, 6.45) is 0. The highest BCUT2D eigenvalue weighted by molar-refractivity contribution is 9.10. The Kier molecular flexibility index (Phi) is 4.06. The third-order valence-corrected chi connectivity index (χ3v) is 3.14. The number of ether oxygens (including phenoxy) is 1. The van der Waals surface area contributed by atoms with E-state index in [0.29, 0.717) is 15.8 Å². The molecule has 0 aliphatic rings. The molecule has 0 saturated carbocycles. The topological polar surface area (TPSA) is 70.3 Å². The molecule has 0 fully saturated rings. The molecule has 2 rings (SSSR count). The summed E-state index contributed by atoms with van der Waals surface area (Å²) in [7, 11) is 0. The Labute approximate surface area is 124 Å². The van der Waals surface area contributed by atoms with E-state index in [1.54, 1.807) is 30.3 Å². The van der Waals surface area contributed by atoms with Crippen molar-refractivity contribution in [3.8, 4) is 17.6 Å². The van der Waals surface area contributed by atoms with Crippen LogP contribution in [0.1, 0.15) is 21.5 Å². The van der Waals surface area contributed by atoms with Crippen molar-refractivity contribution in [3.05, 3.63) is 57.6 Å². The Morgan fingerprint density at radius 2 is 2.00 bits per heavy atom. The number of hydrogen-bond acceptors (Lipinski definition) is 3. The van der Waals surface area contributed by atoms with Gasteiger partial charge in [0.25, 0.3) is 0 Å². The van der Waals surface area contributed by atoms with Gasteiger partial charge < -0.3 is 9.84 Å². The minimum Gasteiger partial charge on any atom is -0.478 e. The first kappa shape index (κ1) is 14.1. The maximum Gasteiger partial charge on any atom is 0.339 e. The van der Waals surface area contributed by atoms with E-state index >= 15 is 0 Å². The van der Waals surface area contributed by atoms with Crippen LogP contribution in [-0.4, -0.2) is 11.1 Å². The molecular formula is C15H10BrNO3. The predicted molar refractivity (Wildman–Crippen MR) is 77.1 cm³/mol. The van der Waals surface area contributed by atoms with Gasteiger partial charge in [-0.2, -0.15) is 5.26 Å². The molecule has 2 aromatic carbocycles. The second kappa shape index (κ2) is 5.76. The minimum absolute atomic E-state index is 0.0322. The minimum atomic E-state index is -1.09. The number of nitrogens with zero attached hydrogens (tertiary/aromatic N) is 1. The maximum absolute atomic E-state index is 11.2. The van der Waals surface area contributed by atoms with Crippen LogP contribution in [0.5, 0.6) is 11.5 Å². The average Bonchev–Trinajstić information content (AvgIpc) is 2.41. The third-order valence-electron chi connectivity index (χ3n) is 2.65. The third kappa shape index (κ3) is 2.98. The number of carboxylic acids is 1. The zero-order chi connectivity index (χ0) is 14.7. The summed E-state index contributed by atoms with van der Waals surface area (Å²) in [5.74, 6) is -0.549. The Hall–Kier alpha value is -2.32. The van der Waals surface area contributed by atoms with E-state index in [-0.39, 0.29) is 11.3 Å². The number of aromatic carboxylic acids is 1. The van der Waals surface area contributed by atoms with E-state index in [9.17, 15) is 9.90 Å². The highest BCUT2D eigenvalue weighted by Crippen LogP contribution is 2.30. The predicted octanol–water partition coefficient (Wildman–Crippen LogP) is 4.12. The molecule has 0 atom stereocenters. The molecule has 0 aromatic heterocycles. The summed E-state index contributed by atoms with van der Waals surface area (Å²) in [6, 6.07) is 11.9. The van der Waals surface area contributed by atoms with Crippen LogP contribution < -0.4 is 4.74 Å². The van der Waals surface area contributed by atoms with E-state index in [1.807, 2.05) is 13.0 Å². The molecule has 0 aliphatic heterocycles. The molecule has 0 heterocycles. The van der Waals surface area contributed by atoms with Crippen LogP contribution in [0.25, 0.3) is 0 Å². The van der Waals surface area contributed by atoms with Crippen molar-refractivity contribution in [1.29, 1.82) is 5.26 Å². The second-order valence-corrected chi connectivity index (χ2v) is 5.07. The molecule has 0 unspecified atom stereocenters. The number of carboxylic acid groups (broad SMARTS) is 1. The molecule has 0 aliphatic carbocycles. The van der Waals surface area contributed by atoms with Crippen LogP contribution >= 0.6 is 15.9 Å². The van der Waals surface area contributed by atoms with Crippen LogP contribution in [0.4, 0.5) is 0 Å². The van der Waals surface area contributed by atoms with Gasteiger partial charge in [-0.1, -0.05) is 22.0 Å². The van der Waals surface area contributed by atoms with E-state index < -0.39 is 5.97 Å². The van der Waals surface area contributed by atoms with Gasteiger partial charge in [-0.3, -0.25) is 0 Å². The van der Waals surface area contributed by atoms with E-state index in [1.165, 1.54) is 6.07 Å². The Balaban J connectivity index is 2.48. The van der Waals surface area contributed by atoms with Gasteiger partial charge in [0.15, 0.2) is 0 Å². The zero-order valence-electron chi connectivity index (χ0n) is 10.6. The largest absolute Gasteiger partial charge is 0.478 e. The van der Waals surface area contributed by atoms with Gasteiger partial charge in [0.05, 0.1) is 5.56 Å². The first-order chi connectivity index (χ1) is 9.51. The highest BCUT2D eigenvalue weighted by Gasteiger charge is 2.14. The van der Waals surface area contributed by atoms with E-state index in [0.717, 1.165) is 5.56 Å². The Morgan fingerprint density at radius 1 is 1.25 bits per heavy atom. The summed E-state index contributed by atoms with van der Waals surface area (Å²) in [4.78, 5) is 11.2. The lowest BCUT2D eigenvalue weighted by Gasteiger charge is -2.11. The van der Waals surface area contributed by atoms with Crippen LogP contribution in [0, 0.1) is 18.3 Å². The molecule has 20 heavy (non-hydrogen) atoms. The second-order valence-electron chi connectivity index (χ2n) is 4.16. The summed E-state index contributed by atoms with van der Waals surface area (Å²) >= 11 is 3.22. The highest BCUT2D eigenvalue weighted by atomic mass is 79.9. The molecule has 5 heteroatoms. The molecule has 0 spiro atoms. The van der Waals surface area contributed by atoms with Gasteiger partial charge in [0.1, 0.15) is 23.1 Å². The fraction of sp³-hybridized carbons (Fsp3) is 0.0667. The van der Waals surface area contributed by atoms with Gasteiger partial charge in [-0.15, -0.1) is 0 Å². The lowest BCUT2D eigenvalue weighted by molar-refractivity contribution is 0.0694. The molecule has 0 radical (unpaired) electrons. The van der Waals surface area contributed by atoms with Crippen LogP contribution in [0.3, 0.4) is 0 Å². The lowest BCUT2D eigenvalue weighted by Crippen LogP contribution is -2.00. The average molecular weight is 332 g/mol. The molecule has 1 N–H and O–H groups in total. The number of halogens is 1. The standard InChI is InChI=1S/C15H10BrNO3/c1-9-2-3-10(8-17)14(6-9)20-13-5-4-11(16)7-12(13)15(18)19/h2-7H,1H3,(H,18,19). The van der Waals surface area contributed by atoms with Gasteiger partial charge in [-0.25, -0.2) is 4.79 Å². The molecule has 0 amide bonds.